The number of halogens is 4. The van der Waals surface area contributed by atoms with Gasteiger partial charge in [0.15, 0.2) is 5.03 Å². The van der Waals surface area contributed by atoms with Crippen LogP contribution in [0.15, 0.2) is 68.2 Å². The van der Waals surface area contributed by atoms with Crippen LogP contribution in [-0.4, -0.2) is 19.9 Å². The van der Waals surface area contributed by atoms with Crippen LogP contribution in [0.4, 0.5) is 5.69 Å². The molecule has 138 valence electrons. The molecule has 0 saturated heterocycles. The third-order valence-corrected chi connectivity index (χ3v) is 4.86. The molecule has 0 bridgehead atoms. The number of benzene rings is 2. The Morgan fingerprint density at radius 2 is 1.89 bits per heavy atom. The lowest BCUT2D eigenvalue weighted by Gasteiger charge is -2.12. The molecular weight excluding hydrogens is 480 g/mol. The molecule has 2 aromatic carbocycles. The number of nitro groups is 1. The second kappa shape index (κ2) is 8.26. The van der Waals surface area contributed by atoms with Gasteiger partial charge in [0.25, 0.3) is 0 Å². The Balaban J connectivity index is 2.30. The number of nitrogens with one attached hydrogen (secondary N) is 1. The quantitative estimate of drug-likeness (QED) is 0.287. The number of aromatic nitrogens is 3. The first-order chi connectivity index (χ1) is 12.9. The molecule has 1 heterocycles. The van der Waals surface area contributed by atoms with Crippen LogP contribution in [0.25, 0.3) is 16.9 Å². The molecular formula is C16H9BrCl3N5O2. The molecule has 27 heavy (non-hydrogen) atoms. The van der Waals surface area contributed by atoms with Crippen molar-refractivity contribution >= 4 is 73.3 Å². The summed E-state index contributed by atoms with van der Waals surface area (Å²) in [5.41, 5.74) is 1.08. The molecule has 1 aromatic heterocycles. The number of allylic oxidation sites excluding steroid dienone is 1. The summed E-state index contributed by atoms with van der Waals surface area (Å²) < 4.78 is 1.60. The monoisotopic (exact) mass is 487 g/mol. The lowest BCUT2D eigenvalue weighted by Crippen LogP contribution is -2.16. The van der Waals surface area contributed by atoms with E-state index in [-0.39, 0.29) is 5.82 Å². The highest BCUT2D eigenvalue weighted by molar-refractivity contribution is 9.10. The Labute approximate surface area is 176 Å². The van der Waals surface area contributed by atoms with Crippen molar-refractivity contribution in [1.29, 1.82) is 0 Å². The van der Waals surface area contributed by atoms with Gasteiger partial charge >= 0.3 is 5.70 Å². The average Bonchev–Trinajstić information content (AvgIpc) is 3.04. The van der Waals surface area contributed by atoms with Gasteiger partial charge in [-0.3, -0.25) is 10.1 Å². The summed E-state index contributed by atoms with van der Waals surface area (Å²) in [4.78, 5) is 11.1. The molecule has 11 heteroatoms. The lowest BCUT2D eigenvalue weighted by molar-refractivity contribution is -0.419. The summed E-state index contributed by atoms with van der Waals surface area (Å²) in [7, 11) is 0. The van der Waals surface area contributed by atoms with Gasteiger partial charge in [-0.1, -0.05) is 74.1 Å². The van der Waals surface area contributed by atoms with Crippen LogP contribution in [0.3, 0.4) is 0 Å². The molecule has 0 aliphatic rings. The summed E-state index contributed by atoms with van der Waals surface area (Å²) >= 11 is 20.8. The van der Waals surface area contributed by atoms with Gasteiger partial charge < -0.3 is 5.32 Å². The van der Waals surface area contributed by atoms with Crippen LogP contribution in [0, 0.1) is 10.1 Å². The molecule has 0 aliphatic carbocycles. The fourth-order valence-electron chi connectivity index (χ4n) is 2.31. The fraction of sp³-hybridized carbons (Fsp3) is 0. The van der Waals surface area contributed by atoms with E-state index in [4.69, 9.17) is 34.8 Å². The molecule has 0 unspecified atom stereocenters. The Morgan fingerprint density at radius 3 is 2.56 bits per heavy atom. The number of nitrogens with zero attached hydrogens (tertiary/aromatic N) is 4. The Kier molecular flexibility index (Phi) is 6.01. The summed E-state index contributed by atoms with van der Waals surface area (Å²) in [6.07, 6.45) is 0. The first kappa shape index (κ1) is 19.6. The number of hydrogen-bond acceptors (Lipinski definition) is 5. The van der Waals surface area contributed by atoms with E-state index in [9.17, 15) is 10.1 Å². The SMILES string of the molecule is O=[N+]([O-])/C(C(Cl)=C(Cl)Cl)=C(\Nc1cccc(Br)c1)n1nnc2ccccc21. The van der Waals surface area contributed by atoms with E-state index in [1.54, 1.807) is 42.5 Å². The standard InChI is InChI=1S/C16H9BrCl3N5O2/c17-9-4-3-5-10(8-9)21-16(14(25(26)27)13(18)15(19)20)24-12-7-2-1-6-11(12)22-23-24/h1-8,21H/b16-14+. The van der Waals surface area contributed by atoms with Gasteiger partial charge in [0, 0.05) is 10.2 Å². The summed E-state index contributed by atoms with van der Waals surface area (Å²) in [6, 6.07) is 14.0. The predicted molar refractivity (Wildman–Crippen MR) is 110 cm³/mol. The van der Waals surface area contributed by atoms with Gasteiger partial charge in [0.1, 0.15) is 10.0 Å². The van der Waals surface area contributed by atoms with Crippen LogP contribution in [0.5, 0.6) is 0 Å². The van der Waals surface area contributed by atoms with Gasteiger partial charge in [-0.05, 0) is 30.3 Å². The Bertz CT molecular complexity index is 1090. The molecule has 0 saturated carbocycles. The molecule has 0 fully saturated rings. The van der Waals surface area contributed by atoms with Gasteiger partial charge in [-0.15, -0.1) is 5.10 Å². The highest BCUT2D eigenvalue weighted by atomic mass is 79.9. The number of hydrogen-bond donors (Lipinski definition) is 1. The molecule has 0 amide bonds. The zero-order chi connectivity index (χ0) is 19.6. The topological polar surface area (TPSA) is 85.9 Å². The Morgan fingerprint density at radius 1 is 1.15 bits per heavy atom. The maximum atomic E-state index is 11.8. The van der Waals surface area contributed by atoms with Crippen LogP contribution < -0.4 is 5.32 Å². The van der Waals surface area contributed by atoms with E-state index in [2.05, 4.69) is 31.6 Å². The number of fused-ring (bicyclic) bond motifs is 1. The van der Waals surface area contributed by atoms with Crippen molar-refractivity contribution in [2.24, 2.45) is 0 Å². The van der Waals surface area contributed by atoms with Crippen LogP contribution in [0.2, 0.25) is 0 Å². The van der Waals surface area contributed by atoms with Gasteiger partial charge in [-0.2, -0.15) is 4.68 Å². The molecule has 3 rings (SSSR count). The lowest BCUT2D eigenvalue weighted by atomic mass is 10.3. The van der Waals surface area contributed by atoms with Crippen molar-refractivity contribution in [3.63, 3.8) is 0 Å². The van der Waals surface area contributed by atoms with Crippen LogP contribution in [0.1, 0.15) is 0 Å². The molecule has 7 nitrogen and oxygen atoms in total. The van der Waals surface area contributed by atoms with Crippen molar-refractivity contribution in [2.45, 2.75) is 0 Å². The third kappa shape index (κ3) is 4.24. The molecule has 3 aromatic rings. The van der Waals surface area contributed by atoms with Gasteiger partial charge in [-0.25, -0.2) is 0 Å². The smallest absolute Gasteiger partial charge is 0.332 e. The number of anilines is 1. The summed E-state index contributed by atoms with van der Waals surface area (Å²) in [5, 5.41) is 22.4. The Hall–Kier alpha value is -2.13. The predicted octanol–water partition coefficient (Wildman–Crippen LogP) is 5.59. The van der Waals surface area contributed by atoms with Gasteiger partial charge in [0.05, 0.1) is 10.4 Å². The first-order valence-corrected chi connectivity index (χ1v) is 9.24. The first-order valence-electron chi connectivity index (χ1n) is 7.31. The third-order valence-electron chi connectivity index (χ3n) is 3.43. The van der Waals surface area contributed by atoms with Crippen molar-refractivity contribution in [3.8, 4) is 0 Å². The van der Waals surface area contributed by atoms with E-state index >= 15 is 0 Å². The fourth-order valence-corrected chi connectivity index (χ4v) is 3.05. The molecule has 0 aliphatic heterocycles. The zero-order valence-electron chi connectivity index (χ0n) is 13.2. The van der Waals surface area contributed by atoms with Crippen molar-refractivity contribution < 1.29 is 4.92 Å². The minimum atomic E-state index is -0.691. The minimum Gasteiger partial charge on any atom is -0.334 e. The second-order valence-corrected chi connectivity index (χ2v) is 7.40. The van der Waals surface area contributed by atoms with Gasteiger partial charge in [0.2, 0.25) is 5.82 Å². The number of para-hydroxylation sites is 1. The second-order valence-electron chi connectivity index (χ2n) is 5.15. The number of rotatable bonds is 5. The highest BCUT2D eigenvalue weighted by Crippen LogP contribution is 2.31. The maximum absolute atomic E-state index is 11.8. The van der Waals surface area contributed by atoms with Crippen molar-refractivity contribution in [1.82, 2.24) is 15.0 Å². The summed E-state index contributed by atoms with van der Waals surface area (Å²) in [5.74, 6) is -0.0596. The highest BCUT2D eigenvalue weighted by Gasteiger charge is 2.28. The minimum absolute atomic E-state index is 0.0596. The van der Waals surface area contributed by atoms with E-state index in [0.717, 1.165) is 4.47 Å². The molecule has 0 radical (unpaired) electrons. The normalized spacial score (nSPS) is 11.9. The zero-order valence-corrected chi connectivity index (χ0v) is 17.1. The van der Waals surface area contributed by atoms with Crippen molar-refractivity contribution in [3.05, 3.63) is 78.3 Å². The molecule has 0 atom stereocenters. The average molecular weight is 490 g/mol. The van der Waals surface area contributed by atoms with Crippen LogP contribution >= 0.6 is 50.7 Å². The summed E-state index contributed by atoms with van der Waals surface area (Å²) in [6.45, 7) is 0. The van der Waals surface area contributed by atoms with E-state index in [1.165, 1.54) is 4.68 Å². The largest absolute Gasteiger partial charge is 0.334 e. The maximum Gasteiger partial charge on any atom is 0.332 e. The van der Waals surface area contributed by atoms with Crippen molar-refractivity contribution in [2.75, 3.05) is 5.32 Å². The van der Waals surface area contributed by atoms with E-state index in [0.29, 0.717) is 16.7 Å². The van der Waals surface area contributed by atoms with E-state index in [1.807, 2.05) is 6.07 Å². The molecule has 0 spiro atoms. The van der Waals surface area contributed by atoms with Crippen LogP contribution in [-0.2, 0) is 0 Å². The molecule has 1 N–H and O–H groups in total. The van der Waals surface area contributed by atoms with E-state index < -0.39 is 20.1 Å².